The summed E-state index contributed by atoms with van der Waals surface area (Å²) < 4.78 is 19.6. The van der Waals surface area contributed by atoms with Gasteiger partial charge in [-0.3, -0.25) is 0 Å². The Morgan fingerprint density at radius 3 is 2.65 bits per heavy atom. The van der Waals surface area contributed by atoms with E-state index < -0.39 is 0 Å². The van der Waals surface area contributed by atoms with Crippen molar-refractivity contribution in [3.8, 4) is 16.9 Å². The Bertz CT molecular complexity index is 601. The number of fused-ring (bicyclic) bond motifs is 1. The maximum absolute atomic E-state index is 13.9. The fraction of sp³-hybridized carbons (Fsp3) is 0.250. The van der Waals surface area contributed by atoms with Crippen molar-refractivity contribution in [2.45, 2.75) is 12.8 Å². The van der Waals surface area contributed by atoms with Crippen molar-refractivity contribution in [3.05, 3.63) is 52.8 Å². The van der Waals surface area contributed by atoms with Crippen molar-refractivity contribution in [1.82, 2.24) is 0 Å². The summed E-state index contributed by atoms with van der Waals surface area (Å²) in [5, 5.41) is 0.623. The van der Waals surface area contributed by atoms with Crippen LogP contribution in [0.3, 0.4) is 0 Å². The van der Waals surface area contributed by atoms with Crippen molar-refractivity contribution in [1.29, 1.82) is 0 Å². The van der Waals surface area contributed by atoms with Gasteiger partial charge in [-0.05, 0) is 43.7 Å². The molecule has 2 aromatic rings. The van der Waals surface area contributed by atoms with Gasteiger partial charge in [-0.2, -0.15) is 0 Å². The Labute approximate surface area is 123 Å². The first-order chi connectivity index (χ1) is 9.75. The first-order valence-corrected chi connectivity index (χ1v) is 6.91. The molecule has 2 aromatic carbocycles. The number of hydrogen-bond donors (Lipinski definition) is 1. The van der Waals surface area contributed by atoms with Crippen molar-refractivity contribution >= 4 is 11.6 Å². The third-order valence-electron chi connectivity index (χ3n) is 3.13. The van der Waals surface area contributed by atoms with E-state index >= 15 is 0 Å². The molecule has 0 aliphatic carbocycles. The van der Waals surface area contributed by atoms with Crippen LogP contribution in [0.4, 0.5) is 4.39 Å². The molecular formula is C16H17ClFNO. The van der Waals surface area contributed by atoms with Crippen LogP contribution >= 0.6 is 11.6 Å². The molecule has 0 amide bonds. The summed E-state index contributed by atoms with van der Waals surface area (Å²) in [5.41, 5.74) is 6.85. The van der Waals surface area contributed by atoms with E-state index in [2.05, 4.69) is 5.73 Å². The minimum Gasteiger partial charge on any atom is -0.493 e. The predicted octanol–water partition coefficient (Wildman–Crippen LogP) is 4.05. The van der Waals surface area contributed by atoms with Crippen molar-refractivity contribution in [2.75, 3.05) is 13.7 Å². The fourth-order valence-electron chi connectivity index (χ4n) is 2.32. The van der Waals surface area contributed by atoms with E-state index in [1.165, 1.54) is 13.1 Å². The molecule has 0 spiro atoms. The van der Waals surface area contributed by atoms with E-state index in [9.17, 15) is 4.39 Å². The first kappa shape index (κ1) is 14.8. The zero-order chi connectivity index (χ0) is 14.5. The molecule has 0 aromatic heterocycles. The molecule has 0 fully saturated rings. The number of nitrogens with two attached hydrogens (primary N) is 1. The van der Waals surface area contributed by atoms with Crippen LogP contribution in [0.15, 0.2) is 36.4 Å². The van der Waals surface area contributed by atoms with Crippen LogP contribution in [0.25, 0.3) is 11.1 Å². The molecule has 0 saturated carbocycles. The van der Waals surface area contributed by atoms with Crippen LogP contribution in [-0.2, 0) is 6.42 Å². The van der Waals surface area contributed by atoms with E-state index in [1.54, 1.807) is 18.2 Å². The monoisotopic (exact) mass is 293 g/mol. The lowest BCUT2D eigenvalue weighted by Gasteiger charge is -2.21. The zero-order valence-electron chi connectivity index (χ0n) is 11.3. The highest BCUT2D eigenvalue weighted by Crippen LogP contribution is 2.39. The average molecular weight is 294 g/mol. The van der Waals surface area contributed by atoms with Crippen LogP contribution < -0.4 is 10.5 Å². The molecule has 0 radical (unpaired) electrons. The topological polar surface area (TPSA) is 35.2 Å². The summed E-state index contributed by atoms with van der Waals surface area (Å²) >= 11 is 6.11. The van der Waals surface area contributed by atoms with Gasteiger partial charge in [-0.1, -0.05) is 29.8 Å². The van der Waals surface area contributed by atoms with Crippen molar-refractivity contribution in [3.63, 3.8) is 0 Å². The lowest BCUT2D eigenvalue weighted by Crippen LogP contribution is -2.09. The highest BCUT2D eigenvalue weighted by Gasteiger charge is 2.18. The van der Waals surface area contributed by atoms with Gasteiger partial charge in [0.25, 0.3) is 0 Å². The molecule has 0 unspecified atom stereocenters. The molecule has 3 rings (SSSR count). The lowest BCUT2D eigenvalue weighted by atomic mass is 9.97. The highest BCUT2D eigenvalue weighted by atomic mass is 35.5. The lowest BCUT2D eigenvalue weighted by molar-refractivity contribution is 0.289. The Balaban J connectivity index is 0.000000704. The van der Waals surface area contributed by atoms with Gasteiger partial charge >= 0.3 is 0 Å². The van der Waals surface area contributed by atoms with Gasteiger partial charge in [-0.25, -0.2) is 4.39 Å². The SMILES string of the molecule is CN.Fc1ccccc1-c1cc(Cl)cc2c1OCCC2. The second kappa shape index (κ2) is 6.73. The maximum atomic E-state index is 13.9. The molecule has 0 saturated heterocycles. The molecule has 2 nitrogen and oxygen atoms in total. The van der Waals surface area contributed by atoms with E-state index in [4.69, 9.17) is 16.3 Å². The average Bonchev–Trinajstić information content (AvgIpc) is 2.49. The molecule has 4 heteroatoms. The summed E-state index contributed by atoms with van der Waals surface area (Å²) in [5.74, 6) is 0.520. The number of benzene rings is 2. The second-order valence-corrected chi connectivity index (χ2v) is 4.81. The molecule has 1 aliphatic rings. The number of hydrogen-bond acceptors (Lipinski definition) is 2. The largest absolute Gasteiger partial charge is 0.493 e. The van der Waals surface area contributed by atoms with Crippen LogP contribution in [-0.4, -0.2) is 13.7 Å². The third-order valence-corrected chi connectivity index (χ3v) is 3.35. The van der Waals surface area contributed by atoms with Gasteiger partial charge in [0.15, 0.2) is 0 Å². The van der Waals surface area contributed by atoms with Gasteiger partial charge in [0.2, 0.25) is 0 Å². The second-order valence-electron chi connectivity index (χ2n) is 4.37. The standard InChI is InChI=1S/C15H12ClFO.CH5N/c16-11-8-10-4-3-7-18-15(10)13(9-11)12-5-1-2-6-14(12)17;1-2/h1-2,5-6,8-9H,3-4,7H2;2H2,1H3. The molecule has 0 bridgehead atoms. The number of ether oxygens (including phenoxy) is 1. The molecular weight excluding hydrogens is 277 g/mol. The normalized spacial score (nSPS) is 12.8. The summed E-state index contributed by atoms with van der Waals surface area (Å²) in [6.45, 7) is 0.677. The molecule has 20 heavy (non-hydrogen) atoms. The summed E-state index contributed by atoms with van der Waals surface area (Å²) in [4.78, 5) is 0. The molecule has 1 aliphatic heterocycles. The number of halogens is 2. The quantitative estimate of drug-likeness (QED) is 0.861. The maximum Gasteiger partial charge on any atom is 0.131 e. The Morgan fingerprint density at radius 2 is 1.90 bits per heavy atom. The summed E-state index contributed by atoms with van der Waals surface area (Å²) in [6.07, 6.45) is 1.90. The summed E-state index contributed by atoms with van der Waals surface area (Å²) in [6, 6.07) is 10.4. The molecule has 1 heterocycles. The Kier molecular flexibility index (Phi) is 4.99. The van der Waals surface area contributed by atoms with E-state index in [0.29, 0.717) is 17.2 Å². The fourth-order valence-corrected chi connectivity index (χ4v) is 2.56. The van der Waals surface area contributed by atoms with Crippen LogP contribution in [0.5, 0.6) is 5.75 Å². The summed E-state index contributed by atoms with van der Waals surface area (Å²) in [7, 11) is 1.50. The van der Waals surface area contributed by atoms with E-state index in [0.717, 1.165) is 29.7 Å². The Hall–Kier alpha value is -1.58. The molecule has 106 valence electrons. The Morgan fingerprint density at radius 1 is 1.15 bits per heavy atom. The van der Waals surface area contributed by atoms with Gasteiger partial charge in [-0.15, -0.1) is 0 Å². The van der Waals surface area contributed by atoms with Crippen LogP contribution in [0, 0.1) is 5.82 Å². The first-order valence-electron chi connectivity index (χ1n) is 6.53. The van der Waals surface area contributed by atoms with Gasteiger partial charge in [0.1, 0.15) is 11.6 Å². The minimum atomic E-state index is -0.254. The van der Waals surface area contributed by atoms with Gasteiger partial charge in [0, 0.05) is 16.1 Å². The van der Waals surface area contributed by atoms with E-state index in [1.807, 2.05) is 12.1 Å². The predicted molar refractivity (Wildman–Crippen MR) is 80.8 cm³/mol. The zero-order valence-corrected chi connectivity index (χ0v) is 12.1. The van der Waals surface area contributed by atoms with Crippen molar-refractivity contribution < 1.29 is 9.13 Å². The van der Waals surface area contributed by atoms with Crippen LogP contribution in [0.2, 0.25) is 5.02 Å². The minimum absolute atomic E-state index is 0.254. The van der Waals surface area contributed by atoms with E-state index in [-0.39, 0.29) is 5.82 Å². The molecule has 0 atom stereocenters. The van der Waals surface area contributed by atoms with Gasteiger partial charge in [0.05, 0.1) is 6.61 Å². The highest BCUT2D eigenvalue weighted by molar-refractivity contribution is 6.31. The third kappa shape index (κ3) is 2.94. The molecule has 2 N–H and O–H groups in total. The van der Waals surface area contributed by atoms with Gasteiger partial charge < -0.3 is 10.5 Å². The van der Waals surface area contributed by atoms with Crippen molar-refractivity contribution in [2.24, 2.45) is 5.73 Å². The smallest absolute Gasteiger partial charge is 0.131 e. The number of aryl methyl sites for hydroxylation is 1. The number of rotatable bonds is 1. The van der Waals surface area contributed by atoms with Crippen LogP contribution in [0.1, 0.15) is 12.0 Å².